The van der Waals surface area contributed by atoms with Crippen LogP contribution in [-0.4, -0.2) is 35.8 Å². The molecule has 2 rings (SSSR count). The van der Waals surface area contributed by atoms with Gasteiger partial charge in [-0.3, -0.25) is 4.90 Å². The third-order valence-corrected chi connectivity index (χ3v) is 4.13. The summed E-state index contributed by atoms with van der Waals surface area (Å²) in [5.74, 6) is 0.921. The van der Waals surface area contributed by atoms with Crippen LogP contribution in [0.25, 0.3) is 0 Å². The van der Waals surface area contributed by atoms with E-state index in [4.69, 9.17) is 4.74 Å². The van der Waals surface area contributed by atoms with Crippen molar-refractivity contribution in [2.75, 3.05) is 13.7 Å². The molecule has 1 aliphatic rings. The third-order valence-electron chi connectivity index (χ3n) is 4.13. The Kier molecular flexibility index (Phi) is 5.86. The van der Waals surface area contributed by atoms with Gasteiger partial charge in [-0.2, -0.15) is 0 Å². The molecule has 1 aromatic carbocycles. The van der Waals surface area contributed by atoms with Gasteiger partial charge in [0.25, 0.3) is 0 Å². The van der Waals surface area contributed by atoms with E-state index in [1.165, 1.54) is 31.2 Å². The zero-order valence-corrected chi connectivity index (χ0v) is 12.7. The van der Waals surface area contributed by atoms with Crippen LogP contribution in [0.2, 0.25) is 0 Å². The van der Waals surface area contributed by atoms with Gasteiger partial charge in [-0.15, -0.1) is 0 Å². The maximum absolute atomic E-state index is 9.72. The van der Waals surface area contributed by atoms with Gasteiger partial charge in [0, 0.05) is 12.6 Å². The summed E-state index contributed by atoms with van der Waals surface area (Å²) in [4.78, 5) is 2.54. The molecule has 0 bridgehead atoms. The van der Waals surface area contributed by atoms with Gasteiger partial charge >= 0.3 is 0 Å². The highest BCUT2D eigenvalue weighted by Crippen LogP contribution is 2.23. The van der Waals surface area contributed by atoms with E-state index in [9.17, 15) is 5.11 Å². The van der Waals surface area contributed by atoms with E-state index in [1.54, 1.807) is 7.11 Å². The summed E-state index contributed by atoms with van der Waals surface area (Å²) in [6.45, 7) is 3.98. The van der Waals surface area contributed by atoms with E-state index in [-0.39, 0.29) is 6.10 Å². The SMILES string of the molecule is COc1cccc(CN2CCCCCC2CC(C)O)c1. The first kappa shape index (κ1) is 15.3. The Hall–Kier alpha value is -1.06. The van der Waals surface area contributed by atoms with Crippen molar-refractivity contribution in [1.29, 1.82) is 0 Å². The van der Waals surface area contributed by atoms with Crippen LogP contribution in [0.1, 0.15) is 44.6 Å². The van der Waals surface area contributed by atoms with Crippen LogP contribution in [0.15, 0.2) is 24.3 Å². The molecule has 0 aliphatic carbocycles. The maximum atomic E-state index is 9.72. The average Bonchev–Trinajstić information content (AvgIpc) is 2.64. The summed E-state index contributed by atoms with van der Waals surface area (Å²) in [6, 6.07) is 8.81. The molecule has 0 amide bonds. The quantitative estimate of drug-likeness (QED) is 0.897. The number of hydrogen-bond acceptors (Lipinski definition) is 3. The van der Waals surface area contributed by atoms with Crippen LogP contribution in [0.3, 0.4) is 0 Å². The lowest BCUT2D eigenvalue weighted by molar-refractivity contribution is 0.108. The van der Waals surface area contributed by atoms with Crippen molar-refractivity contribution in [2.24, 2.45) is 0 Å². The minimum absolute atomic E-state index is 0.217. The van der Waals surface area contributed by atoms with E-state index in [2.05, 4.69) is 23.1 Å². The lowest BCUT2D eigenvalue weighted by Gasteiger charge is -2.31. The minimum Gasteiger partial charge on any atom is -0.497 e. The monoisotopic (exact) mass is 277 g/mol. The molecule has 3 nitrogen and oxygen atoms in total. The number of aliphatic hydroxyl groups excluding tert-OH is 1. The Morgan fingerprint density at radius 3 is 2.95 bits per heavy atom. The molecule has 112 valence electrons. The predicted molar refractivity (Wildman–Crippen MR) is 82.0 cm³/mol. The largest absolute Gasteiger partial charge is 0.497 e. The van der Waals surface area contributed by atoms with E-state index >= 15 is 0 Å². The van der Waals surface area contributed by atoms with Crippen LogP contribution in [0.5, 0.6) is 5.75 Å². The van der Waals surface area contributed by atoms with Crippen molar-refractivity contribution in [1.82, 2.24) is 4.90 Å². The highest BCUT2D eigenvalue weighted by molar-refractivity contribution is 5.28. The average molecular weight is 277 g/mol. The van der Waals surface area contributed by atoms with Crippen molar-refractivity contribution >= 4 is 0 Å². The molecule has 20 heavy (non-hydrogen) atoms. The van der Waals surface area contributed by atoms with Gasteiger partial charge in [-0.05, 0) is 50.4 Å². The van der Waals surface area contributed by atoms with Crippen molar-refractivity contribution in [3.8, 4) is 5.75 Å². The summed E-state index contributed by atoms with van der Waals surface area (Å²) in [6.07, 6.45) is 5.72. The van der Waals surface area contributed by atoms with Gasteiger partial charge in [0.15, 0.2) is 0 Å². The molecular weight excluding hydrogens is 250 g/mol. The van der Waals surface area contributed by atoms with Gasteiger partial charge in [0.05, 0.1) is 13.2 Å². The molecular formula is C17H27NO2. The summed E-state index contributed by atoms with van der Waals surface area (Å²) in [5.41, 5.74) is 1.29. The molecule has 1 N–H and O–H groups in total. The number of methoxy groups -OCH3 is 1. The van der Waals surface area contributed by atoms with Crippen molar-refractivity contribution in [2.45, 2.75) is 57.7 Å². The summed E-state index contributed by atoms with van der Waals surface area (Å²) < 4.78 is 5.30. The van der Waals surface area contributed by atoms with E-state index in [0.717, 1.165) is 25.3 Å². The Morgan fingerprint density at radius 1 is 1.35 bits per heavy atom. The maximum Gasteiger partial charge on any atom is 0.119 e. The fourth-order valence-electron chi connectivity index (χ4n) is 3.11. The first-order valence-corrected chi connectivity index (χ1v) is 7.74. The highest BCUT2D eigenvalue weighted by Gasteiger charge is 2.22. The molecule has 1 heterocycles. The molecule has 0 spiro atoms. The second-order valence-electron chi connectivity index (χ2n) is 5.91. The van der Waals surface area contributed by atoms with Gasteiger partial charge in [0.2, 0.25) is 0 Å². The van der Waals surface area contributed by atoms with E-state index < -0.39 is 0 Å². The Balaban J connectivity index is 2.05. The number of hydrogen-bond donors (Lipinski definition) is 1. The van der Waals surface area contributed by atoms with Gasteiger partial charge in [-0.25, -0.2) is 0 Å². The molecule has 1 aromatic rings. The number of benzene rings is 1. The fourth-order valence-corrected chi connectivity index (χ4v) is 3.11. The van der Waals surface area contributed by atoms with Crippen LogP contribution >= 0.6 is 0 Å². The van der Waals surface area contributed by atoms with Gasteiger partial charge in [0.1, 0.15) is 5.75 Å². The Bertz CT molecular complexity index is 406. The topological polar surface area (TPSA) is 32.7 Å². The minimum atomic E-state index is -0.217. The van der Waals surface area contributed by atoms with Crippen LogP contribution in [0.4, 0.5) is 0 Å². The predicted octanol–water partition coefficient (Wildman–Crippen LogP) is 3.21. The molecule has 3 heteroatoms. The molecule has 2 unspecified atom stereocenters. The van der Waals surface area contributed by atoms with Crippen LogP contribution in [-0.2, 0) is 6.54 Å². The van der Waals surface area contributed by atoms with Gasteiger partial charge in [-0.1, -0.05) is 25.0 Å². The summed E-state index contributed by atoms with van der Waals surface area (Å²) in [5, 5.41) is 9.72. The normalized spacial score (nSPS) is 22.2. The second-order valence-corrected chi connectivity index (χ2v) is 5.91. The van der Waals surface area contributed by atoms with E-state index in [0.29, 0.717) is 6.04 Å². The van der Waals surface area contributed by atoms with Crippen molar-refractivity contribution < 1.29 is 9.84 Å². The first-order valence-electron chi connectivity index (χ1n) is 7.74. The Labute approximate surface area is 122 Å². The molecule has 1 saturated heterocycles. The molecule has 0 radical (unpaired) electrons. The summed E-state index contributed by atoms with van der Waals surface area (Å²) >= 11 is 0. The van der Waals surface area contributed by atoms with E-state index in [1.807, 2.05) is 13.0 Å². The highest BCUT2D eigenvalue weighted by atomic mass is 16.5. The number of ether oxygens (including phenoxy) is 1. The molecule has 0 aromatic heterocycles. The molecule has 2 atom stereocenters. The van der Waals surface area contributed by atoms with Crippen molar-refractivity contribution in [3.05, 3.63) is 29.8 Å². The number of aliphatic hydroxyl groups is 1. The number of rotatable bonds is 5. The third kappa shape index (κ3) is 4.50. The number of likely N-dealkylation sites (tertiary alicyclic amines) is 1. The van der Waals surface area contributed by atoms with Crippen molar-refractivity contribution in [3.63, 3.8) is 0 Å². The summed E-state index contributed by atoms with van der Waals surface area (Å²) in [7, 11) is 1.71. The lowest BCUT2D eigenvalue weighted by Crippen LogP contribution is -2.36. The smallest absolute Gasteiger partial charge is 0.119 e. The molecule has 1 fully saturated rings. The first-order chi connectivity index (χ1) is 9.69. The van der Waals surface area contributed by atoms with Gasteiger partial charge < -0.3 is 9.84 Å². The standard InChI is InChI=1S/C17H27NO2/c1-14(19)11-16-8-4-3-5-10-18(16)13-15-7-6-9-17(12-15)20-2/h6-7,9,12,14,16,19H,3-5,8,10-11,13H2,1-2H3. The second kappa shape index (κ2) is 7.65. The zero-order valence-electron chi connectivity index (χ0n) is 12.7. The van der Waals surface area contributed by atoms with Crippen LogP contribution in [0, 0.1) is 0 Å². The number of nitrogens with zero attached hydrogens (tertiary/aromatic N) is 1. The zero-order chi connectivity index (χ0) is 14.4. The molecule has 1 aliphatic heterocycles. The molecule has 0 saturated carbocycles. The lowest BCUT2D eigenvalue weighted by atomic mass is 10.0. The Morgan fingerprint density at radius 2 is 2.20 bits per heavy atom. The fraction of sp³-hybridized carbons (Fsp3) is 0.647. The van der Waals surface area contributed by atoms with Crippen LogP contribution < -0.4 is 4.74 Å².